The molecular weight excluding hydrogens is 371 g/mol. The third-order valence-corrected chi connectivity index (χ3v) is 4.43. The first-order valence-electron chi connectivity index (χ1n) is 8.56. The molecule has 9 heteroatoms. The lowest BCUT2D eigenvalue weighted by molar-refractivity contribution is -0.338. The Morgan fingerprint density at radius 3 is 2.82 bits per heavy atom. The highest BCUT2D eigenvalue weighted by molar-refractivity contribution is 5.73. The number of ether oxygens (including phenoxy) is 1. The molecule has 3 aromatic rings. The number of aromatic amines is 1. The van der Waals surface area contributed by atoms with Gasteiger partial charge in [0.15, 0.2) is 5.82 Å². The summed E-state index contributed by atoms with van der Waals surface area (Å²) in [4.78, 5) is 4.05. The second kappa shape index (κ2) is 7.08. The van der Waals surface area contributed by atoms with Crippen molar-refractivity contribution in [1.82, 2.24) is 25.0 Å². The summed E-state index contributed by atoms with van der Waals surface area (Å²) in [6.07, 6.45) is 2.41. The van der Waals surface area contributed by atoms with E-state index in [4.69, 9.17) is 0 Å². The van der Waals surface area contributed by atoms with Crippen molar-refractivity contribution in [2.45, 2.75) is 19.4 Å². The minimum absolute atomic E-state index is 0.409. The van der Waals surface area contributed by atoms with E-state index in [1.807, 2.05) is 6.07 Å². The fourth-order valence-corrected chi connectivity index (χ4v) is 3.14. The molecule has 1 aliphatic carbocycles. The van der Waals surface area contributed by atoms with Gasteiger partial charge in [-0.05, 0) is 29.3 Å². The number of aromatic nitrogens is 5. The van der Waals surface area contributed by atoms with E-state index in [1.165, 1.54) is 6.33 Å². The molecule has 0 aliphatic heterocycles. The lowest BCUT2D eigenvalue weighted by atomic mass is 9.88. The van der Waals surface area contributed by atoms with Gasteiger partial charge in [-0.3, -0.25) is 9.84 Å². The first-order chi connectivity index (χ1) is 13.4. The zero-order valence-corrected chi connectivity index (χ0v) is 14.8. The summed E-state index contributed by atoms with van der Waals surface area (Å²) < 4.78 is 44.7. The first kappa shape index (κ1) is 18.2. The van der Waals surface area contributed by atoms with E-state index in [-0.39, 0.29) is 0 Å². The number of nitrogens with one attached hydrogen (secondary N) is 1. The van der Waals surface area contributed by atoms with Crippen LogP contribution in [0.5, 0.6) is 0 Å². The molecule has 0 spiro atoms. The van der Waals surface area contributed by atoms with Crippen LogP contribution in [0.2, 0.25) is 0 Å². The number of nitrogens with zero attached hydrogens (tertiary/aromatic N) is 4. The lowest BCUT2D eigenvalue weighted by Gasteiger charge is -2.28. The number of halogens is 3. The molecule has 6 nitrogen and oxygen atoms in total. The average molecular weight is 387 g/mol. The van der Waals surface area contributed by atoms with Crippen LogP contribution in [0.15, 0.2) is 61.1 Å². The molecule has 144 valence electrons. The molecular formula is C19H16F3N5O. The zero-order valence-electron chi connectivity index (χ0n) is 14.8. The van der Waals surface area contributed by atoms with Gasteiger partial charge in [0.05, 0.1) is 11.8 Å². The van der Waals surface area contributed by atoms with Crippen molar-refractivity contribution >= 4 is 5.57 Å². The van der Waals surface area contributed by atoms with Gasteiger partial charge in [0, 0.05) is 12.1 Å². The Bertz CT molecular complexity index is 1020. The highest BCUT2D eigenvalue weighted by Gasteiger charge is 2.38. The number of benzene rings is 1. The van der Waals surface area contributed by atoms with E-state index in [1.54, 1.807) is 60.3 Å². The molecule has 28 heavy (non-hydrogen) atoms. The van der Waals surface area contributed by atoms with Crippen molar-refractivity contribution in [3.8, 4) is 17.2 Å². The van der Waals surface area contributed by atoms with Crippen LogP contribution in [0.25, 0.3) is 22.8 Å². The minimum atomic E-state index is -4.71. The van der Waals surface area contributed by atoms with Gasteiger partial charge in [0.1, 0.15) is 12.0 Å². The van der Waals surface area contributed by atoms with Gasteiger partial charge in [-0.15, -0.1) is 13.2 Å². The number of hydrogen-bond donors (Lipinski definition) is 1. The quantitative estimate of drug-likeness (QED) is 0.730. The van der Waals surface area contributed by atoms with Crippen molar-refractivity contribution in [1.29, 1.82) is 0 Å². The third-order valence-electron chi connectivity index (χ3n) is 4.43. The second-order valence-corrected chi connectivity index (χ2v) is 6.38. The molecule has 2 unspecified atom stereocenters. The van der Waals surface area contributed by atoms with Crippen LogP contribution in [0, 0.1) is 5.92 Å². The Hall–Kier alpha value is -3.20. The van der Waals surface area contributed by atoms with Crippen molar-refractivity contribution in [2.24, 2.45) is 5.92 Å². The van der Waals surface area contributed by atoms with E-state index in [2.05, 4.69) is 25.0 Å². The van der Waals surface area contributed by atoms with Gasteiger partial charge in [0.25, 0.3) is 0 Å². The van der Waals surface area contributed by atoms with Gasteiger partial charge in [-0.2, -0.15) is 10.2 Å². The van der Waals surface area contributed by atoms with Crippen LogP contribution in [0.4, 0.5) is 13.2 Å². The molecule has 0 saturated carbocycles. The maximum absolute atomic E-state index is 12.9. The van der Waals surface area contributed by atoms with Crippen molar-refractivity contribution in [3.63, 3.8) is 0 Å². The molecule has 1 N–H and O–H groups in total. The third kappa shape index (κ3) is 3.74. The van der Waals surface area contributed by atoms with Crippen LogP contribution in [-0.2, 0) is 4.74 Å². The highest BCUT2D eigenvalue weighted by atomic mass is 19.4. The van der Waals surface area contributed by atoms with Gasteiger partial charge in [-0.1, -0.05) is 37.3 Å². The Morgan fingerprint density at radius 2 is 2.07 bits per heavy atom. The molecule has 1 aliphatic rings. The Kier molecular flexibility index (Phi) is 4.60. The molecule has 2 aromatic heterocycles. The molecule has 2 heterocycles. The number of alkyl halides is 3. The van der Waals surface area contributed by atoms with Crippen molar-refractivity contribution in [3.05, 3.63) is 66.6 Å². The largest absolute Gasteiger partial charge is 0.523 e. The molecule has 0 radical (unpaired) electrons. The predicted octanol–water partition coefficient (Wildman–Crippen LogP) is 4.15. The minimum Gasteiger partial charge on any atom is -0.283 e. The van der Waals surface area contributed by atoms with E-state index >= 15 is 0 Å². The molecule has 0 saturated heterocycles. The van der Waals surface area contributed by atoms with E-state index < -0.39 is 18.4 Å². The summed E-state index contributed by atoms with van der Waals surface area (Å²) in [7, 11) is 0. The molecule has 0 fully saturated rings. The number of hydrogen-bond acceptors (Lipinski definition) is 4. The molecule has 0 bridgehead atoms. The molecule has 4 rings (SSSR count). The van der Waals surface area contributed by atoms with Gasteiger partial charge < -0.3 is 0 Å². The highest BCUT2D eigenvalue weighted by Crippen LogP contribution is 2.35. The number of rotatable bonds is 4. The summed E-state index contributed by atoms with van der Waals surface area (Å²) in [5, 5.41) is 11.0. The monoisotopic (exact) mass is 387 g/mol. The molecule has 1 aromatic carbocycles. The number of H-pyrrole nitrogens is 1. The SMILES string of the molecule is CC1C=CC=C(c2cccc(-n3ccc(-c4ncn[nH]4)n3)c2)C1OC(F)(F)F. The van der Waals surface area contributed by atoms with Crippen molar-refractivity contribution in [2.75, 3.05) is 0 Å². The summed E-state index contributed by atoms with van der Waals surface area (Å²) in [5.74, 6) is 0.121. The fraction of sp³-hybridized carbons (Fsp3) is 0.211. The Labute approximate surface area is 158 Å². The summed E-state index contributed by atoms with van der Waals surface area (Å²) in [5.41, 5.74) is 2.42. The lowest BCUT2D eigenvalue weighted by Crippen LogP contribution is -2.31. The second-order valence-electron chi connectivity index (χ2n) is 6.38. The van der Waals surface area contributed by atoms with Gasteiger partial charge >= 0.3 is 6.36 Å². The standard InChI is InChI=1S/C19H16F3N5O/c1-12-4-2-7-15(17(12)28-19(20,21)22)13-5-3-6-14(10-13)27-9-8-16(26-27)18-23-11-24-25-18/h2-12,17H,1H3,(H,23,24,25). The van der Waals surface area contributed by atoms with E-state index in [0.29, 0.717) is 28.3 Å². The van der Waals surface area contributed by atoms with Crippen LogP contribution < -0.4 is 0 Å². The summed E-state index contributed by atoms with van der Waals surface area (Å²) in [6, 6.07) is 8.90. The van der Waals surface area contributed by atoms with Crippen LogP contribution in [0.1, 0.15) is 12.5 Å². The average Bonchev–Trinajstić information content (AvgIpc) is 3.34. The van der Waals surface area contributed by atoms with E-state index in [9.17, 15) is 13.2 Å². The molecule has 0 amide bonds. The Morgan fingerprint density at radius 1 is 1.21 bits per heavy atom. The topological polar surface area (TPSA) is 68.6 Å². The molecule has 2 atom stereocenters. The zero-order chi connectivity index (χ0) is 19.7. The van der Waals surface area contributed by atoms with Crippen LogP contribution >= 0.6 is 0 Å². The van der Waals surface area contributed by atoms with E-state index in [0.717, 1.165) is 0 Å². The maximum atomic E-state index is 12.9. The maximum Gasteiger partial charge on any atom is 0.523 e. The van der Waals surface area contributed by atoms with Crippen LogP contribution in [-0.4, -0.2) is 37.4 Å². The predicted molar refractivity (Wildman–Crippen MR) is 96.1 cm³/mol. The number of allylic oxidation sites excluding steroid dienone is 2. The van der Waals surface area contributed by atoms with Gasteiger partial charge in [0.2, 0.25) is 0 Å². The fourth-order valence-electron chi connectivity index (χ4n) is 3.14. The Balaban J connectivity index is 1.66. The normalized spacial score (nSPS) is 19.6. The summed E-state index contributed by atoms with van der Waals surface area (Å²) >= 11 is 0. The van der Waals surface area contributed by atoms with Crippen molar-refractivity contribution < 1.29 is 17.9 Å². The first-order valence-corrected chi connectivity index (χ1v) is 8.56. The van der Waals surface area contributed by atoms with Crippen LogP contribution in [0.3, 0.4) is 0 Å². The smallest absolute Gasteiger partial charge is 0.283 e. The summed E-state index contributed by atoms with van der Waals surface area (Å²) in [6.45, 7) is 1.70. The van der Waals surface area contributed by atoms with Gasteiger partial charge in [-0.25, -0.2) is 9.67 Å².